The molecule has 0 aliphatic heterocycles. The lowest BCUT2D eigenvalue weighted by Crippen LogP contribution is -2.38. The molecular formula is C11H24N2O. The number of hydrogen-bond donors (Lipinski definition) is 1. The number of nitrogens with one attached hydrogen (secondary N) is 1. The van der Waals surface area contributed by atoms with Crippen molar-refractivity contribution in [3.8, 4) is 0 Å². The highest BCUT2D eigenvalue weighted by Gasteiger charge is 2.20. The number of ether oxygens (including phenoxy) is 1. The van der Waals surface area contributed by atoms with Crippen LogP contribution >= 0.6 is 0 Å². The molecule has 1 aliphatic carbocycles. The van der Waals surface area contributed by atoms with Gasteiger partial charge in [-0.25, -0.2) is 0 Å². The molecule has 1 rings (SSSR count). The molecule has 0 spiro atoms. The van der Waals surface area contributed by atoms with E-state index in [1.54, 1.807) is 7.11 Å². The van der Waals surface area contributed by atoms with E-state index in [2.05, 4.69) is 17.3 Å². The van der Waals surface area contributed by atoms with Crippen LogP contribution in [0.2, 0.25) is 0 Å². The lowest BCUT2D eigenvalue weighted by molar-refractivity contribution is 0.157. The van der Waals surface area contributed by atoms with Gasteiger partial charge in [-0.2, -0.15) is 0 Å². The highest BCUT2D eigenvalue weighted by molar-refractivity contribution is 4.77. The predicted octanol–water partition coefficient (Wildman–Crippen LogP) is 1.10. The van der Waals surface area contributed by atoms with E-state index in [0.29, 0.717) is 0 Å². The first kappa shape index (κ1) is 12.0. The summed E-state index contributed by atoms with van der Waals surface area (Å²) in [4.78, 5) is 2.50. The highest BCUT2D eigenvalue weighted by Crippen LogP contribution is 2.23. The molecule has 1 fully saturated rings. The third-order valence-electron chi connectivity index (χ3n) is 3.05. The Labute approximate surface area is 87.8 Å². The first-order chi connectivity index (χ1) is 6.84. The van der Waals surface area contributed by atoms with Crippen LogP contribution in [0.1, 0.15) is 25.7 Å². The summed E-state index contributed by atoms with van der Waals surface area (Å²) in [5, 5.41) is 3.36. The van der Waals surface area contributed by atoms with Crippen LogP contribution in [0.25, 0.3) is 0 Å². The zero-order valence-corrected chi connectivity index (χ0v) is 9.59. The molecule has 14 heavy (non-hydrogen) atoms. The van der Waals surface area contributed by atoms with Crippen molar-refractivity contribution in [3.63, 3.8) is 0 Å². The van der Waals surface area contributed by atoms with E-state index < -0.39 is 0 Å². The van der Waals surface area contributed by atoms with Crippen LogP contribution in [0.5, 0.6) is 0 Å². The van der Waals surface area contributed by atoms with Crippen molar-refractivity contribution in [2.45, 2.75) is 31.7 Å². The predicted molar refractivity (Wildman–Crippen MR) is 59.6 cm³/mol. The van der Waals surface area contributed by atoms with Crippen LogP contribution in [0.3, 0.4) is 0 Å². The molecule has 0 bridgehead atoms. The van der Waals surface area contributed by atoms with Crippen LogP contribution in [-0.4, -0.2) is 51.3 Å². The van der Waals surface area contributed by atoms with E-state index in [1.807, 2.05) is 0 Å². The average Bonchev–Trinajstić information content (AvgIpc) is 2.08. The summed E-state index contributed by atoms with van der Waals surface area (Å²) in [5.41, 5.74) is 0. The first-order valence-electron chi connectivity index (χ1n) is 5.74. The van der Waals surface area contributed by atoms with Crippen molar-refractivity contribution in [3.05, 3.63) is 0 Å². The average molecular weight is 200 g/mol. The second kappa shape index (κ2) is 7.21. The SMILES string of the molecule is COCCNCCCN(C)C1CCC1. The van der Waals surface area contributed by atoms with Crippen LogP contribution in [0.4, 0.5) is 0 Å². The minimum atomic E-state index is 0.818. The fraction of sp³-hybridized carbons (Fsp3) is 1.00. The fourth-order valence-corrected chi connectivity index (χ4v) is 1.76. The summed E-state index contributed by atoms with van der Waals surface area (Å²) in [5.74, 6) is 0. The normalized spacial score (nSPS) is 17.4. The molecule has 1 aliphatic rings. The summed E-state index contributed by atoms with van der Waals surface area (Å²) >= 11 is 0. The van der Waals surface area contributed by atoms with E-state index in [-0.39, 0.29) is 0 Å². The largest absolute Gasteiger partial charge is 0.383 e. The smallest absolute Gasteiger partial charge is 0.0587 e. The van der Waals surface area contributed by atoms with Gasteiger partial charge in [0.25, 0.3) is 0 Å². The molecule has 1 N–H and O–H groups in total. The van der Waals surface area contributed by atoms with Crippen LogP contribution in [-0.2, 0) is 4.74 Å². The maximum absolute atomic E-state index is 4.96. The molecule has 0 aromatic carbocycles. The zero-order valence-electron chi connectivity index (χ0n) is 9.59. The number of nitrogens with zero attached hydrogens (tertiary/aromatic N) is 1. The number of rotatable bonds is 8. The molecule has 0 amide bonds. The molecule has 0 saturated heterocycles. The summed E-state index contributed by atoms with van der Waals surface area (Å²) in [6, 6.07) is 0.883. The van der Waals surface area contributed by atoms with Gasteiger partial charge in [-0.05, 0) is 39.4 Å². The highest BCUT2D eigenvalue weighted by atomic mass is 16.5. The van der Waals surface area contributed by atoms with E-state index in [1.165, 1.54) is 32.2 Å². The van der Waals surface area contributed by atoms with Gasteiger partial charge < -0.3 is 15.0 Å². The molecule has 0 radical (unpaired) electrons. The molecule has 0 aromatic heterocycles. The summed E-state index contributed by atoms with van der Waals surface area (Å²) in [6.07, 6.45) is 5.50. The van der Waals surface area contributed by atoms with Crippen LogP contribution < -0.4 is 5.32 Å². The maximum Gasteiger partial charge on any atom is 0.0587 e. The zero-order chi connectivity index (χ0) is 10.2. The van der Waals surface area contributed by atoms with Crippen molar-refractivity contribution >= 4 is 0 Å². The Morgan fingerprint density at radius 2 is 2.14 bits per heavy atom. The quantitative estimate of drug-likeness (QED) is 0.594. The van der Waals surface area contributed by atoms with Crippen molar-refractivity contribution in [1.29, 1.82) is 0 Å². The Morgan fingerprint density at radius 1 is 1.36 bits per heavy atom. The first-order valence-corrected chi connectivity index (χ1v) is 5.74. The molecule has 1 saturated carbocycles. The van der Waals surface area contributed by atoms with Crippen molar-refractivity contribution in [1.82, 2.24) is 10.2 Å². The minimum absolute atomic E-state index is 0.818. The second-order valence-electron chi connectivity index (χ2n) is 4.16. The van der Waals surface area contributed by atoms with Crippen molar-refractivity contribution in [2.75, 3.05) is 40.4 Å². The third-order valence-corrected chi connectivity index (χ3v) is 3.05. The molecule has 3 nitrogen and oxygen atoms in total. The topological polar surface area (TPSA) is 24.5 Å². The van der Waals surface area contributed by atoms with E-state index >= 15 is 0 Å². The molecule has 0 aromatic rings. The van der Waals surface area contributed by atoms with Gasteiger partial charge in [-0.15, -0.1) is 0 Å². The summed E-state index contributed by atoms with van der Waals surface area (Å²) in [7, 11) is 3.99. The standard InChI is InChI=1S/C11H24N2O/c1-13(11-5-3-6-11)9-4-7-12-8-10-14-2/h11-12H,3-10H2,1-2H3. The van der Waals surface area contributed by atoms with Gasteiger partial charge >= 0.3 is 0 Å². The van der Waals surface area contributed by atoms with Gasteiger partial charge in [0.15, 0.2) is 0 Å². The number of hydrogen-bond acceptors (Lipinski definition) is 3. The lowest BCUT2D eigenvalue weighted by atomic mass is 9.92. The summed E-state index contributed by atoms with van der Waals surface area (Å²) < 4.78 is 4.96. The molecule has 3 heteroatoms. The van der Waals surface area contributed by atoms with Crippen LogP contribution in [0.15, 0.2) is 0 Å². The maximum atomic E-state index is 4.96. The Morgan fingerprint density at radius 3 is 2.71 bits per heavy atom. The van der Waals surface area contributed by atoms with Crippen molar-refractivity contribution in [2.24, 2.45) is 0 Å². The van der Waals surface area contributed by atoms with Gasteiger partial charge in [0, 0.05) is 19.7 Å². The third kappa shape index (κ3) is 4.40. The second-order valence-corrected chi connectivity index (χ2v) is 4.16. The van der Waals surface area contributed by atoms with Gasteiger partial charge in [0.1, 0.15) is 0 Å². The summed E-state index contributed by atoms with van der Waals surface area (Å²) in [6.45, 7) is 4.13. The molecule has 0 unspecified atom stereocenters. The van der Waals surface area contributed by atoms with Gasteiger partial charge in [0.2, 0.25) is 0 Å². The van der Waals surface area contributed by atoms with E-state index in [0.717, 1.165) is 25.7 Å². The molecule has 0 heterocycles. The Bertz CT molecular complexity index is 137. The Kier molecular flexibility index (Phi) is 6.15. The fourth-order valence-electron chi connectivity index (χ4n) is 1.76. The van der Waals surface area contributed by atoms with Gasteiger partial charge in [-0.3, -0.25) is 0 Å². The van der Waals surface area contributed by atoms with Gasteiger partial charge in [-0.1, -0.05) is 6.42 Å². The van der Waals surface area contributed by atoms with Crippen LogP contribution in [0, 0.1) is 0 Å². The van der Waals surface area contributed by atoms with Gasteiger partial charge in [0.05, 0.1) is 6.61 Å². The monoisotopic (exact) mass is 200 g/mol. The van der Waals surface area contributed by atoms with E-state index in [4.69, 9.17) is 4.74 Å². The van der Waals surface area contributed by atoms with E-state index in [9.17, 15) is 0 Å². The minimum Gasteiger partial charge on any atom is -0.383 e. The Balaban J connectivity index is 1.82. The molecule has 0 atom stereocenters. The Hall–Kier alpha value is -0.120. The van der Waals surface area contributed by atoms with Crippen molar-refractivity contribution < 1.29 is 4.74 Å². The molecule has 84 valence electrons. The lowest BCUT2D eigenvalue weighted by Gasteiger charge is -2.34. The molecular weight excluding hydrogens is 176 g/mol. The number of methoxy groups -OCH3 is 1.